The third-order valence-electron chi connectivity index (χ3n) is 9.29. The SMILES string of the molecule is C#CC#CC#CC#CC#CC#CC#CC#CC#Cc1c(-c2ccc(-c3ccccc3)s2)sc2cc3c(CCCCCCCC)c(-c4ccc(-c5ccccc5)s4)sc3cc12. The summed E-state index contributed by atoms with van der Waals surface area (Å²) >= 11 is 7.42. The van der Waals surface area contributed by atoms with Crippen LogP contribution in [0.25, 0.3) is 60.6 Å². The molecule has 60 heavy (non-hydrogen) atoms. The van der Waals surface area contributed by atoms with Crippen molar-refractivity contribution in [3.05, 3.63) is 108 Å². The van der Waals surface area contributed by atoms with Gasteiger partial charge in [-0.25, -0.2) is 0 Å². The van der Waals surface area contributed by atoms with Crippen LogP contribution in [0.2, 0.25) is 0 Å². The Morgan fingerprint density at radius 1 is 0.433 bits per heavy atom. The van der Waals surface area contributed by atoms with Crippen molar-refractivity contribution >= 4 is 65.5 Å². The third-order valence-corrected chi connectivity index (χ3v) is 14.3. The average molecular weight is 835 g/mol. The Morgan fingerprint density at radius 3 is 1.45 bits per heavy atom. The quantitative estimate of drug-likeness (QED) is 0.0900. The van der Waals surface area contributed by atoms with Crippen molar-refractivity contribution in [1.29, 1.82) is 0 Å². The molecule has 0 fully saturated rings. The number of fused-ring (bicyclic) bond motifs is 2. The van der Waals surface area contributed by atoms with Gasteiger partial charge in [0.15, 0.2) is 0 Å². The number of aryl methyl sites for hydroxylation is 1. The van der Waals surface area contributed by atoms with Gasteiger partial charge in [0.1, 0.15) is 0 Å². The van der Waals surface area contributed by atoms with Crippen LogP contribution >= 0.6 is 45.3 Å². The summed E-state index contributed by atoms with van der Waals surface area (Å²) in [4.78, 5) is 7.61. The number of thiophene rings is 4. The average Bonchev–Trinajstić information content (AvgIpc) is 4.10. The highest BCUT2D eigenvalue weighted by Gasteiger charge is 2.21. The van der Waals surface area contributed by atoms with E-state index in [4.69, 9.17) is 6.42 Å². The number of hydrogen-bond acceptors (Lipinski definition) is 4. The lowest BCUT2D eigenvalue weighted by molar-refractivity contribution is 0.608. The molecule has 7 aromatic rings. The summed E-state index contributed by atoms with van der Waals surface area (Å²) in [5.74, 6) is 45.5. The third kappa shape index (κ3) is 10.7. The van der Waals surface area contributed by atoms with Crippen LogP contribution in [0.1, 0.15) is 56.6 Å². The van der Waals surface area contributed by atoms with E-state index in [0.29, 0.717) is 0 Å². The molecule has 0 aliphatic rings. The first-order chi connectivity index (χ1) is 29.7. The zero-order valence-corrected chi connectivity index (χ0v) is 36.2. The Hall–Kier alpha value is -6.98. The van der Waals surface area contributed by atoms with Crippen LogP contribution in [-0.2, 0) is 6.42 Å². The summed E-state index contributed by atoms with van der Waals surface area (Å²) in [7, 11) is 0. The summed E-state index contributed by atoms with van der Waals surface area (Å²) < 4.78 is 2.53. The molecule has 282 valence electrons. The van der Waals surface area contributed by atoms with Crippen LogP contribution in [-0.4, -0.2) is 0 Å². The van der Waals surface area contributed by atoms with Gasteiger partial charge in [0.25, 0.3) is 0 Å². The van der Waals surface area contributed by atoms with Crippen molar-refractivity contribution in [2.75, 3.05) is 0 Å². The zero-order valence-electron chi connectivity index (χ0n) is 32.9. The topological polar surface area (TPSA) is 0 Å². The number of benzene rings is 3. The second-order valence-corrected chi connectivity index (χ2v) is 17.6. The lowest BCUT2D eigenvalue weighted by Crippen LogP contribution is -1.87. The summed E-state index contributed by atoms with van der Waals surface area (Å²) in [6, 6.07) is 35.1. The molecular weight excluding hydrogens is 801 g/mol. The van der Waals surface area contributed by atoms with Gasteiger partial charge in [0.05, 0.1) is 10.4 Å². The second kappa shape index (κ2) is 21.7. The molecule has 4 heterocycles. The van der Waals surface area contributed by atoms with Crippen LogP contribution in [0.15, 0.2) is 97.1 Å². The Bertz CT molecular complexity index is 3240. The van der Waals surface area contributed by atoms with Gasteiger partial charge >= 0.3 is 0 Å². The maximum absolute atomic E-state index is 5.04. The van der Waals surface area contributed by atoms with Gasteiger partial charge in [-0.15, -0.1) is 51.8 Å². The first kappa shape index (κ1) is 41.2. The standard InChI is InChI=1S/C56H34S4/c1-3-5-7-9-11-12-13-14-15-16-17-18-19-20-22-30-36-46-48-42-53-47(41-54(48)60-56(46)52-40-38-50(58-52)44-33-27-24-28-34-44)45(35-29-21-10-8-6-4-2)55(59-53)51-39-37-49(57-51)43-31-25-23-26-32-43/h1,23-28,31-34,37-42H,4,6,8,10,21,29,35H2,2H3. The normalized spacial score (nSPS) is 9.47. The number of rotatable bonds is 11. The van der Waals surface area contributed by atoms with E-state index in [2.05, 4.69) is 205 Å². The monoisotopic (exact) mass is 834 g/mol. The van der Waals surface area contributed by atoms with E-state index in [9.17, 15) is 0 Å². The molecule has 0 aliphatic heterocycles. The highest BCUT2D eigenvalue weighted by Crippen LogP contribution is 2.49. The van der Waals surface area contributed by atoms with Crippen LogP contribution in [0, 0.1) is 107 Å². The summed E-state index contributed by atoms with van der Waals surface area (Å²) in [5.41, 5.74) is 4.94. The van der Waals surface area contributed by atoms with Crippen LogP contribution in [0.5, 0.6) is 0 Å². The van der Waals surface area contributed by atoms with E-state index in [1.54, 1.807) is 11.3 Å². The molecule has 4 aromatic heterocycles. The van der Waals surface area contributed by atoms with E-state index in [-0.39, 0.29) is 0 Å². The van der Waals surface area contributed by atoms with Crippen molar-refractivity contribution in [3.8, 4) is 147 Å². The van der Waals surface area contributed by atoms with Crippen LogP contribution in [0.3, 0.4) is 0 Å². The van der Waals surface area contributed by atoms with Gasteiger partial charge in [-0.2, -0.15) is 0 Å². The Balaban J connectivity index is 1.24. The molecule has 0 N–H and O–H groups in total. The molecule has 0 spiro atoms. The minimum absolute atomic E-state index is 1.000. The van der Waals surface area contributed by atoms with Gasteiger partial charge in [-0.1, -0.05) is 106 Å². The molecule has 0 bridgehead atoms. The zero-order chi connectivity index (χ0) is 41.2. The van der Waals surface area contributed by atoms with Crippen molar-refractivity contribution in [3.63, 3.8) is 0 Å². The molecule has 7 rings (SSSR count). The molecule has 0 nitrogen and oxygen atoms in total. The summed E-state index contributed by atoms with van der Waals surface area (Å²) in [6.45, 7) is 2.28. The maximum atomic E-state index is 5.04. The fourth-order valence-electron chi connectivity index (χ4n) is 6.54. The molecule has 4 heteroatoms. The fourth-order valence-corrected chi connectivity index (χ4v) is 11.3. The lowest BCUT2D eigenvalue weighted by atomic mass is 10.0. The fraction of sp³-hybridized carbons (Fsp3) is 0.143. The Kier molecular flexibility index (Phi) is 14.9. The first-order valence-electron chi connectivity index (χ1n) is 19.5. The van der Waals surface area contributed by atoms with E-state index in [1.165, 1.54) is 94.4 Å². The van der Waals surface area contributed by atoms with Gasteiger partial charge in [-0.05, 0) is 166 Å². The van der Waals surface area contributed by atoms with Gasteiger partial charge in [0, 0.05) is 39.2 Å². The lowest BCUT2D eigenvalue weighted by Gasteiger charge is -2.05. The molecule has 0 saturated heterocycles. The predicted octanol–water partition coefficient (Wildman–Crippen LogP) is 13.8. The summed E-state index contributed by atoms with van der Waals surface area (Å²) in [6.07, 6.45) is 13.7. The van der Waals surface area contributed by atoms with Crippen molar-refractivity contribution in [2.45, 2.75) is 51.9 Å². The van der Waals surface area contributed by atoms with Crippen molar-refractivity contribution in [2.24, 2.45) is 0 Å². The summed E-state index contributed by atoms with van der Waals surface area (Å²) in [5, 5.41) is 2.52. The molecule has 0 unspecified atom stereocenters. The molecular formula is C56H34S4. The van der Waals surface area contributed by atoms with Crippen LogP contribution < -0.4 is 0 Å². The number of terminal acetylenes is 1. The van der Waals surface area contributed by atoms with Gasteiger partial charge in [0.2, 0.25) is 0 Å². The predicted molar refractivity (Wildman–Crippen MR) is 262 cm³/mol. The van der Waals surface area contributed by atoms with Crippen molar-refractivity contribution in [1.82, 2.24) is 0 Å². The smallest absolute Gasteiger partial charge is 0.0612 e. The van der Waals surface area contributed by atoms with Gasteiger partial charge < -0.3 is 0 Å². The first-order valence-corrected chi connectivity index (χ1v) is 22.8. The number of unbranched alkanes of at least 4 members (excludes halogenated alkanes) is 5. The minimum atomic E-state index is 1.000. The van der Waals surface area contributed by atoms with E-state index < -0.39 is 0 Å². The van der Waals surface area contributed by atoms with Gasteiger partial charge in [-0.3, -0.25) is 0 Å². The van der Waals surface area contributed by atoms with E-state index in [0.717, 1.165) is 22.2 Å². The molecule has 0 aliphatic carbocycles. The largest absolute Gasteiger partial charge is 0.134 e. The molecule has 0 atom stereocenters. The minimum Gasteiger partial charge on any atom is -0.134 e. The van der Waals surface area contributed by atoms with Crippen LogP contribution in [0.4, 0.5) is 0 Å². The second-order valence-electron chi connectivity index (χ2n) is 13.3. The molecule has 0 saturated carbocycles. The Morgan fingerprint density at radius 2 is 0.883 bits per heavy atom. The van der Waals surface area contributed by atoms with E-state index >= 15 is 0 Å². The maximum Gasteiger partial charge on any atom is 0.0612 e. The molecule has 3 aromatic carbocycles. The van der Waals surface area contributed by atoms with Crippen molar-refractivity contribution < 1.29 is 0 Å². The number of hydrogen-bond donors (Lipinski definition) is 0. The highest BCUT2D eigenvalue weighted by atomic mass is 32.1. The molecule has 0 radical (unpaired) electrons. The Labute approximate surface area is 370 Å². The molecule has 0 amide bonds. The highest BCUT2D eigenvalue weighted by molar-refractivity contribution is 7.28. The van der Waals surface area contributed by atoms with E-state index in [1.807, 2.05) is 34.0 Å².